The highest BCUT2D eigenvalue weighted by atomic mass is 16.6. The predicted octanol–water partition coefficient (Wildman–Crippen LogP) is 3.34. The first-order valence-corrected chi connectivity index (χ1v) is 9.95. The Balaban J connectivity index is 1.78. The first kappa shape index (κ1) is 24.5. The number of rotatable bonds is 9. The van der Waals surface area contributed by atoms with Gasteiger partial charge in [-0.05, 0) is 30.7 Å². The van der Waals surface area contributed by atoms with E-state index in [1.54, 1.807) is 12.1 Å². The second-order valence-electron chi connectivity index (χ2n) is 7.12. The van der Waals surface area contributed by atoms with Crippen LogP contribution in [-0.2, 0) is 4.79 Å². The third-order valence-electron chi connectivity index (χ3n) is 4.72. The third kappa shape index (κ3) is 6.01. The SMILES string of the molecule is Cc1ccccc1OCC(=O)/C(=N/N)c1cccc(OC(=O)c2cc([N+](=O)[O-])cc([N+](=O)[O-])c2)c1. The molecule has 178 valence electrons. The standard InChI is InChI=1S/C23H18N4O8/c1-14-5-2-3-8-21(14)34-13-20(28)22(25-24)15-6-4-7-19(11-15)35-23(29)16-9-17(26(30)31)12-18(10-16)27(32)33/h2-12H,13,24H2,1H3/b25-22+. The zero-order valence-electron chi connectivity index (χ0n) is 18.2. The third-order valence-corrected chi connectivity index (χ3v) is 4.72. The molecule has 0 aliphatic carbocycles. The average molecular weight is 478 g/mol. The van der Waals surface area contributed by atoms with Crippen molar-refractivity contribution in [1.29, 1.82) is 0 Å². The number of non-ortho nitro benzene ring substituents is 2. The van der Waals surface area contributed by atoms with Gasteiger partial charge in [0.25, 0.3) is 11.4 Å². The predicted molar refractivity (Wildman–Crippen MR) is 124 cm³/mol. The van der Waals surface area contributed by atoms with Crippen LogP contribution in [0.3, 0.4) is 0 Å². The summed E-state index contributed by atoms with van der Waals surface area (Å²) in [6, 6.07) is 15.2. The van der Waals surface area contributed by atoms with E-state index in [2.05, 4.69) is 5.10 Å². The molecule has 3 aromatic carbocycles. The summed E-state index contributed by atoms with van der Waals surface area (Å²) in [6.45, 7) is 1.48. The van der Waals surface area contributed by atoms with E-state index in [0.717, 1.165) is 23.8 Å². The van der Waals surface area contributed by atoms with Crippen LogP contribution in [0.1, 0.15) is 21.5 Å². The normalized spacial score (nSPS) is 10.9. The number of hydrazone groups is 1. The first-order valence-electron chi connectivity index (χ1n) is 9.95. The quantitative estimate of drug-likeness (QED) is 0.121. The summed E-state index contributed by atoms with van der Waals surface area (Å²) in [7, 11) is 0. The van der Waals surface area contributed by atoms with E-state index in [1.807, 2.05) is 19.1 Å². The molecule has 0 saturated carbocycles. The number of ketones is 1. The summed E-state index contributed by atoms with van der Waals surface area (Å²) in [5, 5.41) is 25.6. The number of benzene rings is 3. The van der Waals surface area contributed by atoms with Crippen LogP contribution in [0.5, 0.6) is 11.5 Å². The van der Waals surface area contributed by atoms with E-state index in [-0.39, 0.29) is 23.6 Å². The maximum atomic E-state index is 12.6. The van der Waals surface area contributed by atoms with E-state index < -0.39 is 38.5 Å². The van der Waals surface area contributed by atoms with Crippen molar-refractivity contribution in [3.63, 3.8) is 0 Å². The lowest BCUT2D eigenvalue weighted by Gasteiger charge is -2.10. The van der Waals surface area contributed by atoms with Gasteiger partial charge < -0.3 is 15.3 Å². The number of aryl methyl sites for hydroxylation is 1. The molecular formula is C23H18N4O8. The fraction of sp³-hybridized carbons (Fsp3) is 0.0870. The summed E-state index contributed by atoms with van der Waals surface area (Å²) < 4.78 is 10.7. The number of carbonyl (C=O) groups is 2. The van der Waals surface area contributed by atoms with Crippen LogP contribution >= 0.6 is 0 Å². The van der Waals surface area contributed by atoms with Crippen LogP contribution in [0.15, 0.2) is 71.8 Å². The molecule has 3 rings (SSSR count). The van der Waals surface area contributed by atoms with Gasteiger partial charge in [-0.15, -0.1) is 0 Å². The molecule has 35 heavy (non-hydrogen) atoms. The van der Waals surface area contributed by atoms with Gasteiger partial charge in [0.2, 0.25) is 5.78 Å². The van der Waals surface area contributed by atoms with E-state index in [4.69, 9.17) is 15.3 Å². The topological polar surface area (TPSA) is 177 Å². The molecule has 0 unspecified atom stereocenters. The van der Waals surface area contributed by atoms with E-state index in [0.29, 0.717) is 5.75 Å². The van der Waals surface area contributed by atoms with Crippen LogP contribution in [0.4, 0.5) is 11.4 Å². The molecule has 0 aliphatic heterocycles. The second-order valence-corrected chi connectivity index (χ2v) is 7.12. The maximum absolute atomic E-state index is 12.6. The molecule has 0 fully saturated rings. The van der Waals surface area contributed by atoms with E-state index in [1.165, 1.54) is 24.3 Å². The van der Waals surface area contributed by atoms with Gasteiger partial charge in [-0.3, -0.25) is 25.0 Å². The van der Waals surface area contributed by atoms with E-state index in [9.17, 15) is 29.8 Å². The molecule has 2 N–H and O–H groups in total. The van der Waals surface area contributed by atoms with Crippen LogP contribution < -0.4 is 15.3 Å². The molecular weight excluding hydrogens is 460 g/mol. The molecule has 0 radical (unpaired) electrons. The van der Waals surface area contributed by atoms with Crippen molar-refractivity contribution in [2.75, 3.05) is 6.61 Å². The zero-order valence-corrected chi connectivity index (χ0v) is 18.2. The largest absolute Gasteiger partial charge is 0.485 e. The number of esters is 1. The van der Waals surface area contributed by atoms with Crippen molar-refractivity contribution < 1.29 is 28.9 Å². The molecule has 0 atom stereocenters. The fourth-order valence-electron chi connectivity index (χ4n) is 3.03. The fourth-order valence-corrected chi connectivity index (χ4v) is 3.03. The summed E-state index contributed by atoms with van der Waals surface area (Å²) >= 11 is 0. The number of hydrogen-bond acceptors (Lipinski definition) is 10. The summed E-state index contributed by atoms with van der Waals surface area (Å²) in [6.07, 6.45) is 0. The van der Waals surface area contributed by atoms with Crippen molar-refractivity contribution >= 4 is 28.8 Å². The average Bonchev–Trinajstić information content (AvgIpc) is 2.84. The molecule has 0 amide bonds. The summed E-state index contributed by atoms with van der Waals surface area (Å²) in [4.78, 5) is 45.6. The van der Waals surface area contributed by atoms with Crippen LogP contribution in [-0.4, -0.2) is 33.9 Å². The number of nitro benzene ring substituents is 2. The molecule has 0 aliphatic rings. The van der Waals surface area contributed by atoms with Crippen LogP contribution in [0.2, 0.25) is 0 Å². The minimum atomic E-state index is -1.07. The van der Waals surface area contributed by atoms with E-state index >= 15 is 0 Å². The zero-order chi connectivity index (χ0) is 25.5. The highest BCUT2D eigenvalue weighted by Gasteiger charge is 2.22. The minimum absolute atomic E-state index is 0.0459. The van der Waals surface area contributed by atoms with Gasteiger partial charge in [-0.1, -0.05) is 30.3 Å². The highest BCUT2D eigenvalue weighted by molar-refractivity contribution is 6.46. The lowest BCUT2D eigenvalue weighted by molar-refractivity contribution is -0.394. The molecule has 0 heterocycles. The lowest BCUT2D eigenvalue weighted by atomic mass is 10.1. The number of ether oxygens (including phenoxy) is 2. The van der Waals surface area contributed by atoms with Gasteiger partial charge in [-0.2, -0.15) is 5.10 Å². The molecule has 0 spiro atoms. The number of para-hydroxylation sites is 1. The minimum Gasteiger partial charge on any atom is -0.485 e. The molecule has 3 aromatic rings. The Bertz CT molecular complexity index is 1320. The first-order chi connectivity index (χ1) is 16.7. The number of Topliss-reactive ketones (excluding diaryl/α,β-unsaturated/α-hetero) is 1. The van der Waals surface area contributed by atoms with Crippen LogP contribution in [0, 0.1) is 27.2 Å². The van der Waals surface area contributed by atoms with Gasteiger partial charge in [0.1, 0.15) is 17.2 Å². The second kappa shape index (κ2) is 10.7. The van der Waals surface area contributed by atoms with Crippen molar-refractivity contribution in [2.24, 2.45) is 10.9 Å². The Hall–Kier alpha value is -5.13. The monoisotopic (exact) mass is 478 g/mol. The molecule has 12 nitrogen and oxygen atoms in total. The number of carbonyl (C=O) groups excluding carboxylic acids is 2. The van der Waals surface area contributed by atoms with Gasteiger partial charge >= 0.3 is 5.97 Å². The van der Waals surface area contributed by atoms with Crippen molar-refractivity contribution in [1.82, 2.24) is 0 Å². The van der Waals surface area contributed by atoms with Crippen LogP contribution in [0.25, 0.3) is 0 Å². The Morgan fingerprint density at radius 2 is 1.57 bits per heavy atom. The Labute approximate surface area is 197 Å². The molecule has 12 heteroatoms. The Morgan fingerprint density at radius 1 is 0.914 bits per heavy atom. The van der Waals surface area contributed by atoms with Gasteiger partial charge in [0, 0.05) is 17.7 Å². The molecule has 0 aromatic heterocycles. The molecule has 0 saturated heterocycles. The summed E-state index contributed by atoms with van der Waals surface area (Å²) in [5.74, 6) is 4.28. The maximum Gasteiger partial charge on any atom is 0.344 e. The lowest BCUT2D eigenvalue weighted by Crippen LogP contribution is -2.24. The molecule has 0 bridgehead atoms. The van der Waals surface area contributed by atoms with Crippen molar-refractivity contribution in [3.05, 3.63) is 104 Å². The number of nitro groups is 2. The van der Waals surface area contributed by atoms with Gasteiger partial charge in [0.15, 0.2) is 6.61 Å². The van der Waals surface area contributed by atoms with Gasteiger partial charge in [-0.25, -0.2) is 4.79 Å². The van der Waals surface area contributed by atoms with Crippen molar-refractivity contribution in [2.45, 2.75) is 6.92 Å². The summed E-state index contributed by atoms with van der Waals surface area (Å²) in [5.41, 5.74) is -0.759. The highest BCUT2D eigenvalue weighted by Crippen LogP contribution is 2.24. The number of nitrogens with zero attached hydrogens (tertiary/aromatic N) is 3. The van der Waals surface area contributed by atoms with Gasteiger partial charge in [0.05, 0.1) is 21.5 Å². The smallest absolute Gasteiger partial charge is 0.344 e. The Kier molecular flexibility index (Phi) is 7.46. The number of hydrogen-bond donors (Lipinski definition) is 1. The Morgan fingerprint density at radius 3 is 2.17 bits per heavy atom. The number of nitrogens with two attached hydrogens (primary N) is 1. The van der Waals surface area contributed by atoms with Crippen molar-refractivity contribution in [3.8, 4) is 11.5 Å².